The van der Waals surface area contributed by atoms with Crippen LogP contribution in [0, 0.1) is 33.5 Å². The van der Waals surface area contributed by atoms with Crippen LogP contribution in [0.1, 0.15) is 66.2 Å². The van der Waals surface area contributed by atoms with Crippen molar-refractivity contribution in [3.63, 3.8) is 0 Å². The molecule has 0 aromatic rings. The lowest BCUT2D eigenvalue weighted by molar-refractivity contribution is -0.184. The normalized spacial score (nSPS) is 55.7. The van der Waals surface area contributed by atoms with E-state index in [1.165, 1.54) is 25.7 Å². The van der Waals surface area contributed by atoms with E-state index < -0.39 is 6.10 Å². The number of fused-ring (bicyclic) bond motifs is 3. The zero-order valence-corrected chi connectivity index (χ0v) is 14.5. The number of rotatable bonds is 0. The van der Waals surface area contributed by atoms with Crippen LogP contribution in [0.4, 0.5) is 0 Å². The fraction of sp³-hybridized carbons (Fsp3) is 0.850. The molecule has 22 heavy (non-hydrogen) atoms. The average molecular weight is 302 g/mol. The topological polar surface area (TPSA) is 37.3 Å². The Kier molecular flexibility index (Phi) is 2.76. The van der Waals surface area contributed by atoms with Gasteiger partial charge in [0.15, 0.2) is 5.78 Å². The molecule has 0 amide bonds. The van der Waals surface area contributed by atoms with Crippen LogP contribution in [0.2, 0.25) is 0 Å². The molecule has 0 radical (unpaired) electrons. The zero-order chi connectivity index (χ0) is 16.0. The molecule has 0 aliphatic heterocycles. The summed E-state index contributed by atoms with van der Waals surface area (Å²) < 4.78 is 0. The molecule has 0 aromatic carbocycles. The SMILES string of the molecule is CC12C=CC3(CCC4C(C)(C)C(O)C(=O)CC4(C)C3CC1)C2. The van der Waals surface area contributed by atoms with Gasteiger partial charge in [-0.2, -0.15) is 0 Å². The molecule has 0 saturated heterocycles. The maximum Gasteiger partial charge on any atom is 0.162 e. The maximum absolute atomic E-state index is 12.5. The molecule has 122 valence electrons. The Morgan fingerprint density at radius 1 is 1.05 bits per heavy atom. The van der Waals surface area contributed by atoms with Gasteiger partial charge in [-0.05, 0) is 60.2 Å². The quantitative estimate of drug-likeness (QED) is 0.683. The van der Waals surface area contributed by atoms with Crippen molar-refractivity contribution in [3.05, 3.63) is 12.2 Å². The fourth-order valence-electron chi connectivity index (χ4n) is 7.27. The lowest BCUT2D eigenvalue weighted by atomic mass is 9.40. The summed E-state index contributed by atoms with van der Waals surface area (Å²) in [5.41, 5.74) is 0.507. The Bertz CT molecular complexity index is 562. The van der Waals surface area contributed by atoms with Crippen LogP contribution in [-0.4, -0.2) is 17.0 Å². The van der Waals surface area contributed by atoms with Crippen molar-refractivity contribution < 1.29 is 9.90 Å². The predicted octanol–water partition coefficient (Wildman–Crippen LogP) is 4.13. The molecule has 0 heterocycles. The van der Waals surface area contributed by atoms with E-state index in [0.717, 1.165) is 6.42 Å². The molecular weight excluding hydrogens is 272 g/mol. The van der Waals surface area contributed by atoms with E-state index in [4.69, 9.17) is 0 Å². The summed E-state index contributed by atoms with van der Waals surface area (Å²) >= 11 is 0. The lowest BCUT2D eigenvalue weighted by Crippen LogP contribution is -2.62. The number of ketones is 1. The molecule has 4 aliphatic carbocycles. The summed E-state index contributed by atoms with van der Waals surface area (Å²) in [6, 6.07) is 0. The summed E-state index contributed by atoms with van der Waals surface area (Å²) in [6.07, 6.45) is 11.0. The molecule has 2 bridgehead atoms. The third kappa shape index (κ3) is 1.63. The van der Waals surface area contributed by atoms with Gasteiger partial charge >= 0.3 is 0 Å². The van der Waals surface area contributed by atoms with Gasteiger partial charge in [-0.15, -0.1) is 0 Å². The first-order valence-corrected chi connectivity index (χ1v) is 9.04. The second-order valence-electron chi connectivity index (χ2n) is 9.95. The van der Waals surface area contributed by atoms with Crippen molar-refractivity contribution in [2.24, 2.45) is 33.5 Å². The fourth-order valence-corrected chi connectivity index (χ4v) is 7.27. The Morgan fingerprint density at radius 3 is 2.45 bits per heavy atom. The molecule has 4 rings (SSSR count). The molecule has 6 unspecified atom stereocenters. The standard InChI is InChI=1S/C20H30O2/c1-17(2)14-6-8-20-10-9-18(3,12-20)7-5-15(20)19(14,4)11-13(21)16(17)22/h9-10,14-16,22H,5-8,11-12H2,1-4H3. The van der Waals surface area contributed by atoms with Crippen molar-refractivity contribution in [2.75, 3.05) is 0 Å². The molecule has 1 N–H and O–H groups in total. The number of aliphatic hydroxyl groups excluding tert-OH is 1. The second-order valence-corrected chi connectivity index (χ2v) is 9.95. The van der Waals surface area contributed by atoms with Crippen LogP contribution in [0.5, 0.6) is 0 Å². The van der Waals surface area contributed by atoms with Crippen molar-refractivity contribution in [3.8, 4) is 0 Å². The highest BCUT2D eigenvalue weighted by Crippen LogP contribution is 2.71. The first-order chi connectivity index (χ1) is 10.1. The van der Waals surface area contributed by atoms with Gasteiger partial charge in [0.2, 0.25) is 0 Å². The molecule has 6 atom stereocenters. The highest BCUT2D eigenvalue weighted by molar-refractivity contribution is 5.85. The minimum atomic E-state index is -0.771. The van der Waals surface area contributed by atoms with E-state index >= 15 is 0 Å². The summed E-state index contributed by atoms with van der Waals surface area (Å²) in [6.45, 7) is 9.01. The summed E-state index contributed by atoms with van der Waals surface area (Å²) in [7, 11) is 0. The van der Waals surface area contributed by atoms with Crippen molar-refractivity contribution in [1.29, 1.82) is 0 Å². The molecule has 2 heteroatoms. The van der Waals surface area contributed by atoms with E-state index in [9.17, 15) is 9.90 Å². The minimum absolute atomic E-state index is 0.0636. The number of hydrogen-bond acceptors (Lipinski definition) is 2. The van der Waals surface area contributed by atoms with Gasteiger partial charge in [-0.1, -0.05) is 39.8 Å². The van der Waals surface area contributed by atoms with Crippen molar-refractivity contribution in [2.45, 2.75) is 72.3 Å². The molecule has 1 spiro atoms. The first-order valence-electron chi connectivity index (χ1n) is 9.04. The van der Waals surface area contributed by atoms with Crippen LogP contribution < -0.4 is 0 Å². The number of hydrogen-bond donors (Lipinski definition) is 1. The van der Waals surface area contributed by atoms with Gasteiger partial charge in [0.25, 0.3) is 0 Å². The van der Waals surface area contributed by atoms with Crippen LogP contribution in [0.25, 0.3) is 0 Å². The number of carbonyl (C=O) groups is 1. The minimum Gasteiger partial charge on any atom is -0.385 e. The zero-order valence-electron chi connectivity index (χ0n) is 14.5. The van der Waals surface area contributed by atoms with Crippen LogP contribution >= 0.6 is 0 Å². The van der Waals surface area contributed by atoms with Gasteiger partial charge < -0.3 is 5.11 Å². The van der Waals surface area contributed by atoms with Gasteiger partial charge in [0, 0.05) is 11.8 Å². The maximum atomic E-state index is 12.5. The van der Waals surface area contributed by atoms with E-state index in [2.05, 4.69) is 39.8 Å². The van der Waals surface area contributed by atoms with Gasteiger partial charge in [-0.25, -0.2) is 0 Å². The second kappa shape index (κ2) is 4.06. The highest BCUT2D eigenvalue weighted by atomic mass is 16.3. The van der Waals surface area contributed by atoms with Gasteiger partial charge in [0.05, 0.1) is 0 Å². The molecule has 3 saturated carbocycles. The lowest BCUT2D eigenvalue weighted by Gasteiger charge is -2.64. The number of Topliss-reactive ketones (excluding diaryl/α,β-unsaturated/α-hetero) is 1. The summed E-state index contributed by atoms with van der Waals surface area (Å²) in [4.78, 5) is 12.5. The van der Waals surface area contributed by atoms with E-state index in [0.29, 0.717) is 29.1 Å². The summed E-state index contributed by atoms with van der Waals surface area (Å²) in [5, 5.41) is 10.5. The number of aliphatic hydroxyl groups is 1. The monoisotopic (exact) mass is 302 g/mol. The van der Waals surface area contributed by atoms with Crippen LogP contribution in [0.15, 0.2) is 12.2 Å². The highest BCUT2D eigenvalue weighted by Gasteiger charge is 2.65. The molecule has 4 aliphatic rings. The predicted molar refractivity (Wildman–Crippen MR) is 87.3 cm³/mol. The Balaban J connectivity index is 1.78. The van der Waals surface area contributed by atoms with Gasteiger partial charge in [0.1, 0.15) is 6.10 Å². The van der Waals surface area contributed by atoms with Crippen LogP contribution in [-0.2, 0) is 4.79 Å². The van der Waals surface area contributed by atoms with Gasteiger partial charge in [-0.3, -0.25) is 4.79 Å². The average Bonchev–Trinajstić information content (AvgIpc) is 2.66. The number of allylic oxidation sites excluding steroid dienone is 2. The number of carbonyl (C=O) groups excluding carboxylic acids is 1. The third-order valence-electron chi connectivity index (χ3n) is 8.20. The van der Waals surface area contributed by atoms with Crippen molar-refractivity contribution >= 4 is 5.78 Å². The van der Waals surface area contributed by atoms with E-state index in [1.807, 2.05) is 0 Å². The van der Waals surface area contributed by atoms with E-state index in [-0.39, 0.29) is 16.6 Å². The third-order valence-corrected chi connectivity index (χ3v) is 8.20. The van der Waals surface area contributed by atoms with E-state index in [1.54, 1.807) is 0 Å². The Hall–Kier alpha value is -0.630. The first kappa shape index (κ1) is 14.9. The van der Waals surface area contributed by atoms with Crippen molar-refractivity contribution in [1.82, 2.24) is 0 Å². The van der Waals surface area contributed by atoms with Crippen LogP contribution in [0.3, 0.4) is 0 Å². The molecule has 2 nitrogen and oxygen atoms in total. The Morgan fingerprint density at radius 2 is 1.73 bits per heavy atom. The molecule has 0 aromatic heterocycles. The summed E-state index contributed by atoms with van der Waals surface area (Å²) in [5.74, 6) is 1.15. The molecular formula is C20H30O2. The largest absolute Gasteiger partial charge is 0.385 e. The Labute approximate surface area is 134 Å². The smallest absolute Gasteiger partial charge is 0.162 e. The molecule has 3 fully saturated rings.